The van der Waals surface area contributed by atoms with Gasteiger partial charge in [0.25, 0.3) is 0 Å². The third-order valence-electron chi connectivity index (χ3n) is 4.74. The molecule has 1 saturated carbocycles. The van der Waals surface area contributed by atoms with Crippen molar-refractivity contribution in [1.82, 2.24) is 0 Å². The fraction of sp³-hybridized carbons (Fsp3) is 1.00. The molecule has 96 valence electrons. The van der Waals surface area contributed by atoms with Gasteiger partial charge in [0.1, 0.15) is 0 Å². The fourth-order valence-corrected chi connectivity index (χ4v) is 2.54. The van der Waals surface area contributed by atoms with Crippen LogP contribution in [0.3, 0.4) is 0 Å². The molecule has 1 fully saturated rings. The van der Waals surface area contributed by atoms with Gasteiger partial charge in [-0.15, -0.1) is 0 Å². The highest BCUT2D eigenvalue weighted by molar-refractivity contribution is 4.73. The van der Waals surface area contributed by atoms with Crippen molar-refractivity contribution in [3.8, 4) is 0 Å². The summed E-state index contributed by atoms with van der Waals surface area (Å²) in [5.74, 6) is 3.94. The Hall–Kier alpha value is 0. The monoisotopic (exact) mass is 224 g/mol. The first-order chi connectivity index (χ1) is 7.63. The van der Waals surface area contributed by atoms with Gasteiger partial charge in [-0.05, 0) is 23.7 Å². The van der Waals surface area contributed by atoms with Gasteiger partial charge in [-0.1, -0.05) is 79.1 Å². The Kier molecular flexibility index (Phi) is 6.46. The molecule has 0 radical (unpaired) electrons. The second-order valence-corrected chi connectivity index (χ2v) is 6.42. The van der Waals surface area contributed by atoms with E-state index in [-0.39, 0.29) is 0 Å². The Morgan fingerprint density at radius 2 is 1.62 bits per heavy atom. The highest BCUT2D eigenvalue weighted by Crippen LogP contribution is 2.34. The van der Waals surface area contributed by atoms with Gasteiger partial charge in [0.05, 0.1) is 0 Å². The molecule has 0 N–H and O–H groups in total. The lowest BCUT2D eigenvalue weighted by atomic mass is 9.86. The van der Waals surface area contributed by atoms with E-state index in [0.29, 0.717) is 0 Å². The zero-order chi connectivity index (χ0) is 12.0. The van der Waals surface area contributed by atoms with Crippen LogP contribution in [-0.2, 0) is 0 Å². The number of hydrogen-bond acceptors (Lipinski definition) is 0. The van der Waals surface area contributed by atoms with Gasteiger partial charge in [-0.25, -0.2) is 0 Å². The zero-order valence-electron chi connectivity index (χ0n) is 12.0. The molecule has 0 saturated heterocycles. The van der Waals surface area contributed by atoms with E-state index in [4.69, 9.17) is 0 Å². The molecule has 1 rings (SSSR count). The van der Waals surface area contributed by atoms with E-state index < -0.39 is 0 Å². The van der Waals surface area contributed by atoms with Crippen molar-refractivity contribution in [3.63, 3.8) is 0 Å². The summed E-state index contributed by atoms with van der Waals surface area (Å²) < 4.78 is 0. The van der Waals surface area contributed by atoms with Crippen LogP contribution in [0, 0.1) is 23.7 Å². The maximum Gasteiger partial charge on any atom is -0.0414 e. The summed E-state index contributed by atoms with van der Waals surface area (Å²) in [5.41, 5.74) is 0. The van der Waals surface area contributed by atoms with E-state index >= 15 is 0 Å². The number of rotatable bonds is 9. The van der Waals surface area contributed by atoms with Gasteiger partial charge >= 0.3 is 0 Å². The summed E-state index contributed by atoms with van der Waals surface area (Å²) in [6.45, 7) is 9.62. The highest BCUT2D eigenvalue weighted by Gasteiger charge is 2.20. The normalized spacial score (nSPS) is 21.8. The van der Waals surface area contributed by atoms with E-state index in [1.165, 1.54) is 51.4 Å². The summed E-state index contributed by atoms with van der Waals surface area (Å²) >= 11 is 0. The lowest BCUT2D eigenvalue weighted by molar-refractivity contribution is 0.316. The van der Waals surface area contributed by atoms with E-state index in [0.717, 1.165) is 23.7 Å². The molecule has 0 aromatic heterocycles. The van der Waals surface area contributed by atoms with Crippen molar-refractivity contribution in [1.29, 1.82) is 0 Å². The molecule has 0 aliphatic heterocycles. The van der Waals surface area contributed by atoms with E-state index in [9.17, 15) is 0 Å². The van der Waals surface area contributed by atoms with Crippen molar-refractivity contribution in [3.05, 3.63) is 0 Å². The van der Waals surface area contributed by atoms with Crippen LogP contribution in [0.15, 0.2) is 0 Å². The van der Waals surface area contributed by atoms with Crippen molar-refractivity contribution in [2.75, 3.05) is 0 Å². The van der Waals surface area contributed by atoms with Gasteiger partial charge in [-0.3, -0.25) is 0 Å². The summed E-state index contributed by atoms with van der Waals surface area (Å²) in [4.78, 5) is 0. The predicted octanol–water partition coefficient (Wildman–Crippen LogP) is 5.67. The van der Waals surface area contributed by atoms with Crippen molar-refractivity contribution >= 4 is 0 Å². The van der Waals surface area contributed by atoms with Gasteiger partial charge in [-0.2, -0.15) is 0 Å². The van der Waals surface area contributed by atoms with Gasteiger partial charge < -0.3 is 0 Å². The topological polar surface area (TPSA) is 0 Å². The second-order valence-electron chi connectivity index (χ2n) is 6.42. The molecule has 0 aromatic rings. The van der Waals surface area contributed by atoms with E-state index in [2.05, 4.69) is 27.7 Å². The maximum atomic E-state index is 2.45. The SMILES string of the molecule is CCC(C)C(C)CCC(C)CCCC1CC1. The van der Waals surface area contributed by atoms with E-state index in [1.807, 2.05) is 0 Å². The summed E-state index contributed by atoms with van der Waals surface area (Å²) in [5, 5.41) is 0. The molecule has 0 heteroatoms. The Bertz CT molecular complexity index is 169. The van der Waals surface area contributed by atoms with Crippen LogP contribution >= 0.6 is 0 Å². The quantitative estimate of drug-likeness (QED) is 0.473. The summed E-state index contributed by atoms with van der Waals surface area (Å²) in [6.07, 6.45) is 11.8. The second kappa shape index (κ2) is 7.35. The molecule has 0 heterocycles. The maximum absolute atomic E-state index is 2.45. The largest absolute Gasteiger partial charge is 0.0651 e. The lowest BCUT2D eigenvalue weighted by Gasteiger charge is -2.20. The molecule has 3 atom stereocenters. The van der Waals surface area contributed by atoms with Crippen molar-refractivity contribution < 1.29 is 0 Å². The van der Waals surface area contributed by atoms with Crippen LogP contribution in [-0.4, -0.2) is 0 Å². The molecule has 1 aliphatic carbocycles. The minimum Gasteiger partial charge on any atom is -0.0651 e. The van der Waals surface area contributed by atoms with Crippen LogP contribution in [0.2, 0.25) is 0 Å². The first kappa shape index (κ1) is 14.1. The highest BCUT2D eigenvalue weighted by atomic mass is 14.3. The molecule has 1 aliphatic rings. The molecule has 0 nitrogen and oxygen atoms in total. The van der Waals surface area contributed by atoms with Crippen LogP contribution in [0.1, 0.15) is 79.1 Å². The molecule has 0 spiro atoms. The first-order valence-electron chi connectivity index (χ1n) is 7.63. The van der Waals surface area contributed by atoms with E-state index in [1.54, 1.807) is 0 Å². The molecule has 3 unspecified atom stereocenters. The summed E-state index contributed by atoms with van der Waals surface area (Å²) in [7, 11) is 0. The molecule has 0 aromatic carbocycles. The van der Waals surface area contributed by atoms with Crippen LogP contribution in [0.25, 0.3) is 0 Å². The number of hydrogen-bond donors (Lipinski definition) is 0. The molecule has 0 bridgehead atoms. The Balaban J connectivity index is 1.97. The molecular formula is C16H32. The molecule has 16 heavy (non-hydrogen) atoms. The standard InChI is InChI=1S/C16H32/c1-5-14(3)15(4)10-9-13(2)7-6-8-16-11-12-16/h13-16H,5-12H2,1-4H3. The first-order valence-corrected chi connectivity index (χ1v) is 7.63. The van der Waals surface area contributed by atoms with Crippen molar-refractivity contribution in [2.24, 2.45) is 23.7 Å². The van der Waals surface area contributed by atoms with Gasteiger partial charge in [0.15, 0.2) is 0 Å². The smallest absolute Gasteiger partial charge is 0.0414 e. The Morgan fingerprint density at radius 1 is 0.938 bits per heavy atom. The summed E-state index contributed by atoms with van der Waals surface area (Å²) in [6, 6.07) is 0. The van der Waals surface area contributed by atoms with Gasteiger partial charge in [0, 0.05) is 0 Å². The minimum atomic E-state index is 0.915. The molecule has 0 amide bonds. The Labute approximate surface area is 103 Å². The minimum absolute atomic E-state index is 0.915. The zero-order valence-corrected chi connectivity index (χ0v) is 12.0. The van der Waals surface area contributed by atoms with Crippen LogP contribution in [0.5, 0.6) is 0 Å². The average Bonchev–Trinajstić information content (AvgIpc) is 3.08. The lowest BCUT2D eigenvalue weighted by Crippen LogP contribution is -2.08. The molecular weight excluding hydrogens is 192 g/mol. The van der Waals surface area contributed by atoms with Gasteiger partial charge in [0.2, 0.25) is 0 Å². The van der Waals surface area contributed by atoms with Crippen LogP contribution < -0.4 is 0 Å². The van der Waals surface area contributed by atoms with Crippen LogP contribution in [0.4, 0.5) is 0 Å². The predicted molar refractivity (Wildman–Crippen MR) is 73.6 cm³/mol. The Morgan fingerprint density at radius 3 is 2.19 bits per heavy atom. The average molecular weight is 224 g/mol. The third kappa shape index (κ3) is 5.92. The third-order valence-corrected chi connectivity index (χ3v) is 4.74. The van der Waals surface area contributed by atoms with Crippen molar-refractivity contribution in [2.45, 2.75) is 79.1 Å². The fourth-order valence-electron chi connectivity index (χ4n) is 2.54.